The summed E-state index contributed by atoms with van der Waals surface area (Å²) in [6, 6.07) is 11.3. The van der Waals surface area contributed by atoms with Crippen molar-refractivity contribution < 1.29 is 18.8 Å². The van der Waals surface area contributed by atoms with E-state index in [0.29, 0.717) is 18.3 Å². The number of ether oxygens (including phenoxy) is 1. The number of carbonyl (C=O) groups is 2. The van der Waals surface area contributed by atoms with Gasteiger partial charge in [0, 0.05) is 37.3 Å². The molecule has 29 heavy (non-hydrogen) atoms. The molecule has 150 valence electrons. The lowest BCUT2D eigenvalue weighted by Gasteiger charge is -2.22. The number of carbonyl (C=O) groups excluding carboxylic acids is 2. The third-order valence-electron chi connectivity index (χ3n) is 4.48. The minimum absolute atomic E-state index is 0.115. The Bertz CT molecular complexity index is 972. The van der Waals surface area contributed by atoms with Gasteiger partial charge in [0.2, 0.25) is 17.6 Å². The quantitative estimate of drug-likeness (QED) is 0.542. The van der Waals surface area contributed by atoms with Crippen LogP contribution in [0.3, 0.4) is 0 Å². The van der Waals surface area contributed by atoms with Crippen LogP contribution >= 0.6 is 0 Å². The summed E-state index contributed by atoms with van der Waals surface area (Å²) in [5, 5.41) is 3.94. The maximum atomic E-state index is 12.8. The van der Waals surface area contributed by atoms with Gasteiger partial charge in [-0.25, -0.2) is 0 Å². The summed E-state index contributed by atoms with van der Waals surface area (Å²) in [6.45, 7) is 2.18. The van der Waals surface area contributed by atoms with Crippen molar-refractivity contribution >= 4 is 11.9 Å². The Balaban J connectivity index is 1.66. The van der Waals surface area contributed by atoms with E-state index >= 15 is 0 Å². The van der Waals surface area contributed by atoms with Crippen LogP contribution in [0.15, 0.2) is 53.3 Å². The Morgan fingerprint density at radius 1 is 1.14 bits per heavy atom. The van der Waals surface area contributed by atoms with Crippen LogP contribution in [0.1, 0.15) is 23.4 Å². The van der Waals surface area contributed by atoms with Gasteiger partial charge >= 0.3 is 5.97 Å². The molecule has 0 aliphatic rings. The molecule has 0 atom stereocenters. The van der Waals surface area contributed by atoms with E-state index in [1.807, 2.05) is 31.2 Å². The fraction of sp³-hybridized carbons (Fsp3) is 0.286. The second kappa shape index (κ2) is 9.59. The van der Waals surface area contributed by atoms with Crippen molar-refractivity contribution in [2.45, 2.75) is 26.3 Å². The van der Waals surface area contributed by atoms with Gasteiger partial charge in [0.15, 0.2) is 0 Å². The van der Waals surface area contributed by atoms with Gasteiger partial charge in [0.05, 0.1) is 7.11 Å². The lowest BCUT2D eigenvalue weighted by atomic mass is 10.1. The standard InChI is InChI=1S/C21H22N4O4/c1-15-5-3-4-6-17(15)13-25(14-20(27)28-2)19(26)8-7-18-23-21(24-29-18)16-9-11-22-12-10-16/h3-6,9-12H,7-8,13-14H2,1-2H3. The molecule has 0 unspecified atom stereocenters. The summed E-state index contributed by atoms with van der Waals surface area (Å²) in [4.78, 5) is 34.3. The largest absolute Gasteiger partial charge is 0.468 e. The molecule has 1 aromatic carbocycles. The van der Waals surface area contributed by atoms with Crippen molar-refractivity contribution in [3.63, 3.8) is 0 Å². The molecule has 0 bridgehead atoms. The number of hydrogen-bond acceptors (Lipinski definition) is 7. The number of benzene rings is 1. The second-order valence-corrected chi connectivity index (χ2v) is 6.50. The van der Waals surface area contributed by atoms with E-state index < -0.39 is 5.97 Å². The van der Waals surface area contributed by atoms with E-state index in [4.69, 9.17) is 9.26 Å². The van der Waals surface area contributed by atoms with Crippen LogP contribution in [0.2, 0.25) is 0 Å². The molecule has 0 aliphatic heterocycles. The molecular weight excluding hydrogens is 372 g/mol. The molecule has 8 nitrogen and oxygen atoms in total. The topological polar surface area (TPSA) is 98.4 Å². The lowest BCUT2D eigenvalue weighted by molar-refractivity contribution is -0.147. The zero-order chi connectivity index (χ0) is 20.6. The number of pyridine rings is 1. The van der Waals surface area contributed by atoms with Gasteiger partial charge in [-0.3, -0.25) is 14.6 Å². The Hall–Kier alpha value is -3.55. The number of methoxy groups -OCH3 is 1. The molecule has 0 fully saturated rings. The normalized spacial score (nSPS) is 10.6. The average molecular weight is 394 g/mol. The fourth-order valence-electron chi connectivity index (χ4n) is 2.79. The zero-order valence-electron chi connectivity index (χ0n) is 16.4. The van der Waals surface area contributed by atoms with Gasteiger partial charge in [-0.2, -0.15) is 4.98 Å². The van der Waals surface area contributed by atoms with Crippen molar-refractivity contribution in [1.82, 2.24) is 20.0 Å². The van der Waals surface area contributed by atoms with Crippen molar-refractivity contribution in [2.75, 3.05) is 13.7 Å². The van der Waals surface area contributed by atoms with Crippen molar-refractivity contribution in [3.8, 4) is 11.4 Å². The van der Waals surface area contributed by atoms with Gasteiger partial charge < -0.3 is 14.2 Å². The molecule has 3 aromatic rings. The first-order valence-electron chi connectivity index (χ1n) is 9.19. The Morgan fingerprint density at radius 3 is 2.62 bits per heavy atom. The number of nitrogens with zero attached hydrogens (tertiary/aromatic N) is 4. The highest BCUT2D eigenvalue weighted by atomic mass is 16.5. The number of hydrogen-bond donors (Lipinski definition) is 0. The lowest BCUT2D eigenvalue weighted by Crippen LogP contribution is -2.36. The van der Waals surface area contributed by atoms with Gasteiger partial charge in [-0.05, 0) is 30.2 Å². The number of amides is 1. The molecule has 3 rings (SSSR count). The van der Waals surface area contributed by atoms with E-state index in [9.17, 15) is 9.59 Å². The van der Waals surface area contributed by atoms with Crippen LogP contribution in [0, 0.1) is 6.92 Å². The molecule has 0 saturated heterocycles. The number of rotatable bonds is 8. The molecule has 8 heteroatoms. The predicted octanol–water partition coefficient (Wildman–Crippen LogP) is 2.57. The Morgan fingerprint density at radius 2 is 1.90 bits per heavy atom. The van der Waals surface area contributed by atoms with Gasteiger partial charge in [-0.15, -0.1) is 0 Å². The van der Waals surface area contributed by atoms with Crippen LogP contribution in [-0.2, 0) is 27.3 Å². The van der Waals surface area contributed by atoms with Crippen LogP contribution in [0.25, 0.3) is 11.4 Å². The third kappa shape index (κ3) is 5.47. The van der Waals surface area contributed by atoms with Gasteiger partial charge in [-0.1, -0.05) is 29.4 Å². The smallest absolute Gasteiger partial charge is 0.325 e. The Kier molecular flexibility index (Phi) is 6.67. The molecule has 0 aliphatic carbocycles. The molecule has 2 aromatic heterocycles. The maximum Gasteiger partial charge on any atom is 0.325 e. The molecule has 1 amide bonds. The summed E-state index contributed by atoms with van der Waals surface area (Å²) in [5.74, 6) is 0.146. The highest BCUT2D eigenvalue weighted by Gasteiger charge is 2.20. The first-order chi connectivity index (χ1) is 14.1. The highest BCUT2D eigenvalue weighted by molar-refractivity contribution is 5.82. The number of aromatic nitrogens is 3. The van der Waals surface area contributed by atoms with E-state index in [2.05, 4.69) is 15.1 Å². The summed E-state index contributed by atoms with van der Waals surface area (Å²) < 4.78 is 9.98. The van der Waals surface area contributed by atoms with Crippen molar-refractivity contribution in [2.24, 2.45) is 0 Å². The van der Waals surface area contributed by atoms with Crippen molar-refractivity contribution in [3.05, 3.63) is 65.8 Å². The summed E-state index contributed by atoms with van der Waals surface area (Å²) in [6.07, 6.45) is 3.71. The molecule has 0 N–H and O–H groups in total. The predicted molar refractivity (Wildman–Crippen MR) is 104 cm³/mol. The van der Waals surface area contributed by atoms with E-state index in [1.165, 1.54) is 12.0 Å². The molecule has 2 heterocycles. The summed E-state index contributed by atoms with van der Waals surface area (Å²) >= 11 is 0. The average Bonchev–Trinajstić information content (AvgIpc) is 3.22. The summed E-state index contributed by atoms with van der Waals surface area (Å²) in [5.41, 5.74) is 2.81. The monoisotopic (exact) mass is 394 g/mol. The van der Waals surface area contributed by atoms with Crippen LogP contribution < -0.4 is 0 Å². The zero-order valence-corrected chi connectivity index (χ0v) is 16.4. The SMILES string of the molecule is COC(=O)CN(Cc1ccccc1C)C(=O)CCc1nc(-c2ccncc2)no1. The minimum atomic E-state index is -0.468. The number of esters is 1. The molecule has 0 saturated carbocycles. The number of aryl methyl sites for hydroxylation is 2. The van der Waals surface area contributed by atoms with Gasteiger partial charge in [0.1, 0.15) is 6.54 Å². The molecular formula is C21H22N4O4. The van der Waals surface area contributed by atoms with Crippen LogP contribution in [-0.4, -0.2) is 45.6 Å². The highest BCUT2D eigenvalue weighted by Crippen LogP contribution is 2.16. The fourth-order valence-corrected chi connectivity index (χ4v) is 2.79. The van der Waals surface area contributed by atoms with Crippen molar-refractivity contribution in [1.29, 1.82) is 0 Å². The third-order valence-corrected chi connectivity index (χ3v) is 4.48. The summed E-state index contributed by atoms with van der Waals surface area (Å²) in [7, 11) is 1.30. The molecule has 0 spiro atoms. The second-order valence-electron chi connectivity index (χ2n) is 6.50. The van der Waals surface area contributed by atoms with E-state index in [0.717, 1.165) is 16.7 Å². The van der Waals surface area contributed by atoms with Crippen LogP contribution in [0.4, 0.5) is 0 Å². The Labute approximate surface area is 168 Å². The molecule has 0 radical (unpaired) electrons. The van der Waals surface area contributed by atoms with Gasteiger partial charge in [0.25, 0.3) is 0 Å². The first-order valence-corrected chi connectivity index (χ1v) is 9.19. The maximum absolute atomic E-state index is 12.8. The first kappa shape index (κ1) is 20.2. The minimum Gasteiger partial charge on any atom is -0.468 e. The van der Waals surface area contributed by atoms with E-state index in [-0.39, 0.29) is 25.3 Å². The van der Waals surface area contributed by atoms with Crippen LogP contribution in [0.5, 0.6) is 0 Å². The van der Waals surface area contributed by atoms with E-state index in [1.54, 1.807) is 24.5 Å².